The lowest BCUT2D eigenvalue weighted by molar-refractivity contribution is -0.684. The van der Waals surface area contributed by atoms with Gasteiger partial charge in [0.25, 0.3) is 0 Å². The number of pyridine rings is 1. The van der Waals surface area contributed by atoms with E-state index in [0.717, 1.165) is 5.56 Å². The summed E-state index contributed by atoms with van der Waals surface area (Å²) >= 11 is 0. The van der Waals surface area contributed by atoms with E-state index in [-0.39, 0.29) is 28.2 Å². The number of carbonyl (C=O) groups excluding carboxylic acids is 1. The van der Waals surface area contributed by atoms with Crippen molar-refractivity contribution in [1.29, 1.82) is 0 Å². The third kappa shape index (κ3) is 5.08. The zero-order valence-electron chi connectivity index (χ0n) is 10.2. The Bertz CT molecular complexity index is 394. The van der Waals surface area contributed by atoms with E-state index in [2.05, 4.69) is 5.16 Å². The molecule has 0 atom stereocenters. The van der Waals surface area contributed by atoms with Crippen LogP contribution in [0.2, 0.25) is 0 Å². The second-order valence-electron chi connectivity index (χ2n) is 4.72. The highest BCUT2D eigenvalue weighted by molar-refractivity contribution is 5.82. The minimum absolute atomic E-state index is 0. The van der Waals surface area contributed by atoms with Crippen molar-refractivity contribution in [3.63, 3.8) is 0 Å². The number of Topliss-reactive ketones (excluding diaryl/α,β-unsaturated/α-hetero) is 1. The molecule has 17 heavy (non-hydrogen) atoms. The summed E-state index contributed by atoms with van der Waals surface area (Å²) in [5.74, 6) is 0.182. The van der Waals surface area contributed by atoms with Crippen molar-refractivity contribution < 1.29 is 31.6 Å². The summed E-state index contributed by atoms with van der Waals surface area (Å²) in [7, 11) is 0. The molecule has 0 aromatic carbocycles. The van der Waals surface area contributed by atoms with E-state index in [1.54, 1.807) is 24.5 Å². The number of nitrogens with zero attached hydrogens (tertiary/aromatic N) is 2. The smallest absolute Gasteiger partial charge is 0.206 e. The van der Waals surface area contributed by atoms with E-state index in [4.69, 9.17) is 5.21 Å². The van der Waals surface area contributed by atoms with E-state index in [1.807, 2.05) is 25.3 Å². The number of aromatic nitrogens is 1. The third-order valence-electron chi connectivity index (χ3n) is 2.29. The summed E-state index contributed by atoms with van der Waals surface area (Å²) in [5.41, 5.74) is 0.472. The van der Waals surface area contributed by atoms with Crippen LogP contribution < -0.4 is 21.5 Å². The van der Waals surface area contributed by atoms with Gasteiger partial charge in [-0.1, -0.05) is 25.9 Å². The highest BCUT2D eigenvalue weighted by atomic mass is 79.9. The van der Waals surface area contributed by atoms with Crippen LogP contribution in [0.3, 0.4) is 0 Å². The van der Waals surface area contributed by atoms with Crippen LogP contribution in [0, 0.1) is 5.41 Å². The Hall–Kier alpha value is -1.23. The summed E-state index contributed by atoms with van der Waals surface area (Å²) in [4.78, 5) is 11.8. The van der Waals surface area contributed by atoms with Gasteiger partial charge in [-0.3, -0.25) is 4.79 Å². The van der Waals surface area contributed by atoms with Crippen LogP contribution in [0.1, 0.15) is 26.3 Å². The summed E-state index contributed by atoms with van der Waals surface area (Å²) in [6.07, 6.45) is 4.93. The number of carbonyl (C=O) groups is 1. The molecule has 0 fully saturated rings. The van der Waals surface area contributed by atoms with Crippen molar-refractivity contribution >= 4 is 12.0 Å². The van der Waals surface area contributed by atoms with Gasteiger partial charge in [-0.2, -0.15) is 4.57 Å². The maximum Gasteiger partial charge on any atom is 0.206 e. The van der Waals surface area contributed by atoms with Crippen molar-refractivity contribution in [2.75, 3.05) is 0 Å². The fraction of sp³-hybridized carbons (Fsp3) is 0.417. The van der Waals surface area contributed by atoms with Gasteiger partial charge in [0.15, 0.2) is 12.4 Å². The number of rotatable bonds is 3. The molecule has 1 aromatic heterocycles. The van der Waals surface area contributed by atoms with Crippen molar-refractivity contribution in [3.8, 4) is 0 Å². The second kappa shape index (κ2) is 6.49. The first-order valence-corrected chi connectivity index (χ1v) is 5.13. The lowest BCUT2D eigenvalue weighted by atomic mass is 9.91. The zero-order chi connectivity index (χ0) is 12.2. The number of hydrogen-bond donors (Lipinski definition) is 1. The summed E-state index contributed by atoms with van der Waals surface area (Å²) in [6.45, 7) is 6.08. The predicted octanol–water partition coefficient (Wildman–Crippen LogP) is -1.60. The van der Waals surface area contributed by atoms with Crippen molar-refractivity contribution in [1.82, 2.24) is 0 Å². The first-order chi connectivity index (χ1) is 7.43. The molecule has 0 bridgehead atoms. The zero-order valence-corrected chi connectivity index (χ0v) is 11.8. The molecular weight excluding hydrogens is 284 g/mol. The molecule has 5 heteroatoms. The lowest BCUT2D eigenvalue weighted by Gasteiger charge is -2.13. The van der Waals surface area contributed by atoms with Gasteiger partial charge >= 0.3 is 0 Å². The number of hydrogen-bond acceptors (Lipinski definition) is 3. The van der Waals surface area contributed by atoms with E-state index >= 15 is 0 Å². The largest absolute Gasteiger partial charge is 1.00 e. The molecule has 0 saturated carbocycles. The van der Waals surface area contributed by atoms with E-state index in [1.165, 1.54) is 6.21 Å². The quantitative estimate of drug-likeness (QED) is 0.316. The molecule has 0 saturated heterocycles. The normalized spacial score (nSPS) is 11.2. The Kier molecular flexibility index (Phi) is 6.02. The molecule has 1 rings (SSSR count). The molecule has 0 aliphatic heterocycles. The Morgan fingerprint density at radius 3 is 2.35 bits per heavy atom. The van der Waals surface area contributed by atoms with Gasteiger partial charge in [0.2, 0.25) is 12.3 Å². The summed E-state index contributed by atoms with van der Waals surface area (Å²) < 4.78 is 1.81. The summed E-state index contributed by atoms with van der Waals surface area (Å²) in [6, 6.07) is 3.57. The number of halogens is 1. The van der Waals surface area contributed by atoms with E-state index in [0.29, 0.717) is 6.54 Å². The minimum Gasteiger partial charge on any atom is -1.00 e. The molecule has 0 unspecified atom stereocenters. The SMILES string of the molecule is CC(C)(C)C(=O)C[n+]1ccc(C=NO)cc1.[Br-]. The van der Waals surface area contributed by atoms with Gasteiger partial charge < -0.3 is 22.2 Å². The minimum atomic E-state index is -0.321. The molecule has 94 valence electrons. The van der Waals surface area contributed by atoms with Gasteiger partial charge in [0, 0.05) is 23.1 Å². The van der Waals surface area contributed by atoms with Crippen LogP contribution in [-0.4, -0.2) is 17.2 Å². The first kappa shape index (κ1) is 15.8. The maximum absolute atomic E-state index is 11.8. The topological polar surface area (TPSA) is 53.5 Å². The molecule has 0 radical (unpaired) electrons. The van der Waals surface area contributed by atoms with Gasteiger partial charge in [-0.25, -0.2) is 0 Å². The van der Waals surface area contributed by atoms with Crippen LogP contribution in [0.5, 0.6) is 0 Å². The van der Waals surface area contributed by atoms with Crippen LogP contribution in [0.4, 0.5) is 0 Å². The predicted molar refractivity (Wildman–Crippen MR) is 60.5 cm³/mol. The Labute approximate surface area is 112 Å². The van der Waals surface area contributed by atoms with Crippen LogP contribution in [0.15, 0.2) is 29.7 Å². The second-order valence-corrected chi connectivity index (χ2v) is 4.72. The molecule has 0 aliphatic rings. The number of ketones is 1. The van der Waals surface area contributed by atoms with Gasteiger partial charge in [0.05, 0.1) is 6.21 Å². The van der Waals surface area contributed by atoms with Crippen LogP contribution in [-0.2, 0) is 11.3 Å². The molecule has 1 N–H and O–H groups in total. The van der Waals surface area contributed by atoms with Crippen molar-refractivity contribution in [2.45, 2.75) is 27.3 Å². The molecule has 4 nitrogen and oxygen atoms in total. The average Bonchev–Trinajstić information content (AvgIpc) is 2.20. The lowest BCUT2D eigenvalue weighted by Crippen LogP contribution is -3.00. The van der Waals surface area contributed by atoms with Crippen molar-refractivity contribution in [3.05, 3.63) is 30.1 Å². The van der Waals surface area contributed by atoms with Crippen LogP contribution >= 0.6 is 0 Å². The van der Waals surface area contributed by atoms with E-state index in [9.17, 15) is 4.79 Å². The number of oxime groups is 1. The van der Waals surface area contributed by atoms with E-state index < -0.39 is 0 Å². The summed E-state index contributed by atoms with van der Waals surface area (Å²) in [5, 5.41) is 11.3. The highest BCUT2D eigenvalue weighted by Gasteiger charge is 2.24. The monoisotopic (exact) mass is 300 g/mol. The average molecular weight is 301 g/mol. The third-order valence-corrected chi connectivity index (χ3v) is 2.29. The van der Waals surface area contributed by atoms with Crippen molar-refractivity contribution in [2.24, 2.45) is 10.6 Å². The first-order valence-electron chi connectivity index (χ1n) is 5.13. The fourth-order valence-corrected chi connectivity index (χ4v) is 1.13. The molecular formula is C12H17BrN2O2. The molecule has 1 aromatic rings. The fourth-order valence-electron chi connectivity index (χ4n) is 1.13. The Morgan fingerprint density at radius 1 is 1.41 bits per heavy atom. The Morgan fingerprint density at radius 2 is 1.94 bits per heavy atom. The van der Waals surface area contributed by atoms with Gasteiger partial charge in [-0.15, -0.1) is 0 Å². The van der Waals surface area contributed by atoms with Crippen LogP contribution in [0.25, 0.3) is 0 Å². The molecule has 0 amide bonds. The van der Waals surface area contributed by atoms with Gasteiger partial charge in [-0.05, 0) is 0 Å². The molecule has 0 aliphatic carbocycles. The van der Waals surface area contributed by atoms with Gasteiger partial charge in [0.1, 0.15) is 0 Å². The Balaban J connectivity index is 0.00000256. The maximum atomic E-state index is 11.8. The molecule has 1 heterocycles. The molecule has 0 spiro atoms. The highest BCUT2D eigenvalue weighted by Crippen LogP contribution is 2.13. The standard InChI is InChI=1S/C12H16N2O2.BrH/c1-12(2,3)11(15)9-14-6-4-10(5-7-14)8-13-16;/h4-8H,9H2,1-3H3;1H.